The maximum absolute atomic E-state index is 12.4. The molecule has 2 aliphatic heterocycles. The highest BCUT2D eigenvalue weighted by atomic mass is 19.4. The molecule has 0 amide bonds. The van der Waals surface area contributed by atoms with Crippen molar-refractivity contribution in [1.29, 1.82) is 0 Å². The van der Waals surface area contributed by atoms with Gasteiger partial charge in [0, 0.05) is 23.5 Å². The van der Waals surface area contributed by atoms with Crippen LogP contribution in [0.15, 0.2) is 48.5 Å². The highest BCUT2D eigenvalue weighted by Crippen LogP contribution is 2.36. The standard InChI is InChI=1S/C17H11F3N2O/c1-22-15-5-3-2-4-10(15)8-13-12-9-11(23-17(18,19)20)6-7-14(12)21-16(13)22/h2-9H,1H3. The SMILES string of the molecule is Cn1c2nc3ccc(OC(F)(F)F)cc3c-2cc2ccccc21. The fourth-order valence-corrected chi connectivity index (χ4v) is 2.90. The van der Waals surface area contributed by atoms with Gasteiger partial charge in [0.05, 0.1) is 5.52 Å². The number of aryl methyl sites for hydroxylation is 1. The maximum Gasteiger partial charge on any atom is 0.573 e. The number of halogens is 3. The molecule has 3 nitrogen and oxygen atoms in total. The van der Waals surface area contributed by atoms with Crippen molar-refractivity contribution in [1.82, 2.24) is 9.55 Å². The van der Waals surface area contributed by atoms with Gasteiger partial charge in [0.15, 0.2) is 0 Å². The van der Waals surface area contributed by atoms with Crippen LogP contribution in [-0.4, -0.2) is 15.9 Å². The molecule has 0 fully saturated rings. The summed E-state index contributed by atoms with van der Waals surface area (Å²) in [5, 5.41) is 1.64. The molecule has 0 aliphatic carbocycles. The van der Waals surface area contributed by atoms with Crippen molar-refractivity contribution in [2.24, 2.45) is 7.05 Å². The van der Waals surface area contributed by atoms with E-state index in [0.717, 1.165) is 22.3 Å². The van der Waals surface area contributed by atoms with Crippen LogP contribution in [0.25, 0.3) is 33.2 Å². The van der Waals surface area contributed by atoms with E-state index in [1.54, 1.807) is 6.07 Å². The summed E-state index contributed by atoms with van der Waals surface area (Å²) in [6.45, 7) is 0. The Hall–Kier alpha value is -2.76. The van der Waals surface area contributed by atoms with E-state index in [9.17, 15) is 13.2 Å². The fourth-order valence-electron chi connectivity index (χ4n) is 2.90. The Kier molecular flexibility index (Phi) is 2.78. The second-order valence-electron chi connectivity index (χ2n) is 5.34. The van der Waals surface area contributed by atoms with Crippen LogP contribution in [0.5, 0.6) is 5.75 Å². The zero-order valence-electron chi connectivity index (χ0n) is 12.1. The Morgan fingerprint density at radius 2 is 1.83 bits per heavy atom. The lowest BCUT2D eigenvalue weighted by Gasteiger charge is -2.11. The third-order valence-electron chi connectivity index (χ3n) is 3.87. The molecule has 0 saturated carbocycles. The molecule has 0 atom stereocenters. The van der Waals surface area contributed by atoms with Crippen molar-refractivity contribution in [2.45, 2.75) is 6.36 Å². The van der Waals surface area contributed by atoms with Gasteiger partial charge in [-0.15, -0.1) is 13.2 Å². The number of hydrogen-bond acceptors (Lipinski definition) is 2. The lowest BCUT2D eigenvalue weighted by molar-refractivity contribution is -0.274. The molecule has 2 aromatic rings. The van der Waals surface area contributed by atoms with Crippen LogP contribution in [0.4, 0.5) is 13.2 Å². The lowest BCUT2D eigenvalue weighted by atomic mass is 10.1. The number of nitrogens with zero attached hydrogens (tertiary/aromatic N) is 2. The van der Waals surface area contributed by atoms with Crippen LogP contribution >= 0.6 is 0 Å². The molecule has 2 aliphatic rings. The number of para-hydroxylation sites is 1. The van der Waals surface area contributed by atoms with E-state index in [0.29, 0.717) is 10.9 Å². The minimum absolute atomic E-state index is 0.241. The van der Waals surface area contributed by atoms with Gasteiger partial charge >= 0.3 is 6.36 Å². The predicted molar refractivity (Wildman–Crippen MR) is 81.5 cm³/mol. The first-order valence-corrected chi connectivity index (χ1v) is 6.96. The summed E-state index contributed by atoms with van der Waals surface area (Å²) in [6.07, 6.45) is -4.71. The lowest BCUT2D eigenvalue weighted by Crippen LogP contribution is -2.16. The van der Waals surface area contributed by atoms with Crippen molar-refractivity contribution >= 4 is 21.8 Å². The Morgan fingerprint density at radius 3 is 2.61 bits per heavy atom. The number of hydrogen-bond donors (Lipinski definition) is 0. The van der Waals surface area contributed by atoms with Crippen LogP contribution in [0.2, 0.25) is 0 Å². The van der Waals surface area contributed by atoms with Gasteiger partial charge in [0.1, 0.15) is 11.6 Å². The fraction of sp³-hybridized carbons (Fsp3) is 0.118. The van der Waals surface area contributed by atoms with E-state index in [1.165, 1.54) is 12.1 Å². The summed E-state index contributed by atoms with van der Waals surface area (Å²) < 4.78 is 43.2. The van der Waals surface area contributed by atoms with Gasteiger partial charge in [-0.1, -0.05) is 18.2 Å². The van der Waals surface area contributed by atoms with Gasteiger partial charge in [0.25, 0.3) is 0 Å². The monoisotopic (exact) mass is 316 g/mol. The average molecular weight is 316 g/mol. The van der Waals surface area contributed by atoms with Gasteiger partial charge in [-0.05, 0) is 35.7 Å². The molecule has 116 valence electrons. The van der Waals surface area contributed by atoms with Crippen LogP contribution in [0.3, 0.4) is 0 Å². The molecule has 2 aromatic carbocycles. The minimum Gasteiger partial charge on any atom is -0.406 e. The highest BCUT2D eigenvalue weighted by molar-refractivity contribution is 6.01. The molecule has 0 radical (unpaired) electrons. The third-order valence-corrected chi connectivity index (χ3v) is 3.87. The zero-order valence-corrected chi connectivity index (χ0v) is 12.1. The van der Waals surface area contributed by atoms with Crippen molar-refractivity contribution in [3.8, 4) is 17.1 Å². The molecule has 0 aromatic heterocycles. The van der Waals surface area contributed by atoms with Crippen LogP contribution < -0.4 is 4.74 Å². The zero-order chi connectivity index (χ0) is 16.2. The summed E-state index contributed by atoms with van der Waals surface area (Å²) in [5.41, 5.74) is 2.45. The molecule has 0 spiro atoms. The summed E-state index contributed by atoms with van der Waals surface area (Å²) in [5.74, 6) is 0.484. The van der Waals surface area contributed by atoms with E-state index < -0.39 is 6.36 Å². The molecule has 0 N–H and O–H groups in total. The van der Waals surface area contributed by atoms with Gasteiger partial charge < -0.3 is 9.30 Å². The summed E-state index contributed by atoms with van der Waals surface area (Å²) in [4.78, 5) is 4.53. The molecular weight excluding hydrogens is 305 g/mol. The molecule has 0 saturated heterocycles. The van der Waals surface area contributed by atoms with Crippen molar-refractivity contribution < 1.29 is 17.9 Å². The number of rotatable bonds is 1. The summed E-state index contributed by atoms with van der Waals surface area (Å²) >= 11 is 0. The second kappa shape index (κ2) is 4.62. The summed E-state index contributed by atoms with van der Waals surface area (Å²) in [7, 11) is 1.89. The van der Waals surface area contributed by atoms with Crippen molar-refractivity contribution in [2.75, 3.05) is 0 Å². The van der Waals surface area contributed by atoms with E-state index in [1.807, 2.05) is 41.9 Å². The topological polar surface area (TPSA) is 27.1 Å². The van der Waals surface area contributed by atoms with Gasteiger partial charge in [-0.3, -0.25) is 0 Å². The predicted octanol–water partition coefficient (Wildman–Crippen LogP) is 4.73. The first-order valence-electron chi connectivity index (χ1n) is 6.96. The Bertz CT molecular complexity index is 1000. The quantitative estimate of drug-likeness (QED) is 0.507. The van der Waals surface area contributed by atoms with Gasteiger partial charge in [0.2, 0.25) is 0 Å². The van der Waals surface area contributed by atoms with Crippen LogP contribution in [-0.2, 0) is 7.05 Å². The smallest absolute Gasteiger partial charge is 0.406 e. The third kappa shape index (κ3) is 2.27. The van der Waals surface area contributed by atoms with E-state index in [-0.39, 0.29) is 5.75 Å². The first-order chi connectivity index (χ1) is 10.9. The average Bonchev–Trinajstić information content (AvgIpc) is 2.85. The maximum atomic E-state index is 12.4. The van der Waals surface area contributed by atoms with Gasteiger partial charge in [-0.2, -0.15) is 0 Å². The van der Waals surface area contributed by atoms with E-state index in [2.05, 4.69) is 9.72 Å². The molecule has 0 unspecified atom stereocenters. The van der Waals surface area contributed by atoms with Gasteiger partial charge in [-0.25, -0.2) is 4.98 Å². The number of ether oxygens (including phenoxy) is 1. The number of benzene rings is 2. The number of alkyl halides is 3. The Morgan fingerprint density at radius 1 is 1.04 bits per heavy atom. The minimum atomic E-state index is -4.71. The molecule has 23 heavy (non-hydrogen) atoms. The highest BCUT2D eigenvalue weighted by Gasteiger charge is 2.31. The van der Waals surface area contributed by atoms with E-state index >= 15 is 0 Å². The molecule has 2 heterocycles. The first kappa shape index (κ1) is 13.9. The van der Waals surface area contributed by atoms with Crippen LogP contribution in [0, 0.1) is 0 Å². The number of aromatic nitrogens is 2. The normalized spacial score (nSPS) is 12.3. The number of fused-ring (bicyclic) bond motifs is 4. The Labute approximate surface area is 129 Å². The van der Waals surface area contributed by atoms with Crippen LogP contribution in [0.1, 0.15) is 0 Å². The van der Waals surface area contributed by atoms with Crippen molar-refractivity contribution in [3.63, 3.8) is 0 Å². The van der Waals surface area contributed by atoms with Crippen molar-refractivity contribution in [3.05, 3.63) is 48.5 Å². The Balaban J connectivity index is 2.00. The second-order valence-corrected chi connectivity index (χ2v) is 5.34. The molecule has 0 bridgehead atoms. The molecule has 6 heteroatoms. The number of pyridine rings is 1. The largest absolute Gasteiger partial charge is 0.573 e. The summed E-state index contributed by atoms with van der Waals surface area (Å²) in [6, 6.07) is 13.9. The molecular formula is C17H11F3N2O. The van der Waals surface area contributed by atoms with E-state index in [4.69, 9.17) is 0 Å². The molecule has 4 rings (SSSR count).